The molecule has 1 fully saturated rings. The number of ether oxygens (including phenoxy) is 5. The zero-order valence-electron chi connectivity index (χ0n) is 29.3. The minimum absolute atomic E-state index is 0.0623. The maximum atomic E-state index is 12.5. The van der Waals surface area contributed by atoms with Gasteiger partial charge in [-0.15, -0.1) is 11.8 Å². The van der Waals surface area contributed by atoms with Gasteiger partial charge in [-0.3, -0.25) is 28.9 Å². The molecule has 0 radical (unpaired) electrons. The summed E-state index contributed by atoms with van der Waals surface area (Å²) in [5.74, 6) is -1.27. The van der Waals surface area contributed by atoms with Gasteiger partial charge in [-0.05, 0) is 25.8 Å². The van der Waals surface area contributed by atoms with Crippen molar-refractivity contribution in [3.8, 4) is 0 Å². The molecule has 48 heavy (non-hydrogen) atoms. The molecule has 1 aliphatic heterocycles. The van der Waals surface area contributed by atoms with Crippen LogP contribution in [0.2, 0.25) is 0 Å². The van der Waals surface area contributed by atoms with Crippen LogP contribution in [0.3, 0.4) is 0 Å². The Labute approximate surface area is 289 Å². The Kier molecular flexibility index (Phi) is 23.3. The number of aliphatic hydroxyl groups is 1. The van der Waals surface area contributed by atoms with Crippen molar-refractivity contribution >= 4 is 41.4 Å². The maximum Gasteiger partial charge on any atom is 0.305 e. The van der Waals surface area contributed by atoms with E-state index in [1.165, 1.54) is 23.8 Å². The average molecular weight is 707 g/mol. The molecule has 3 atom stereocenters. The van der Waals surface area contributed by atoms with E-state index in [4.69, 9.17) is 23.7 Å². The van der Waals surface area contributed by atoms with E-state index in [0.29, 0.717) is 58.9 Å². The molecule has 4 amide bonds. The van der Waals surface area contributed by atoms with Crippen LogP contribution in [0.15, 0.2) is 0 Å². The minimum atomic E-state index is -0.755. The number of nitrogens with zero attached hydrogens (tertiary/aromatic N) is 1. The Morgan fingerprint density at radius 3 is 2.29 bits per heavy atom. The minimum Gasteiger partial charge on any atom is -0.460 e. The van der Waals surface area contributed by atoms with Crippen LogP contribution >= 0.6 is 11.8 Å². The van der Waals surface area contributed by atoms with Crippen LogP contribution in [0.1, 0.15) is 72.6 Å². The summed E-state index contributed by atoms with van der Waals surface area (Å²) >= 11 is 1.48. The van der Waals surface area contributed by atoms with Crippen molar-refractivity contribution in [3.05, 3.63) is 0 Å². The number of likely N-dealkylation sites (tertiary alicyclic amines) is 1. The molecule has 16 heteroatoms. The summed E-state index contributed by atoms with van der Waals surface area (Å²) in [4.78, 5) is 61.9. The van der Waals surface area contributed by atoms with Crippen LogP contribution in [0.25, 0.3) is 0 Å². The number of amides is 4. The van der Waals surface area contributed by atoms with Crippen LogP contribution in [0, 0.1) is 0 Å². The predicted octanol–water partition coefficient (Wildman–Crippen LogP) is 0.755. The van der Waals surface area contributed by atoms with E-state index in [-0.39, 0.29) is 85.2 Å². The van der Waals surface area contributed by atoms with Crippen molar-refractivity contribution in [3.63, 3.8) is 0 Å². The second-order valence-electron chi connectivity index (χ2n) is 12.1. The third-order valence-corrected chi connectivity index (χ3v) is 8.26. The molecule has 0 aromatic rings. The van der Waals surface area contributed by atoms with Crippen LogP contribution in [-0.4, -0.2) is 141 Å². The molecule has 0 aromatic carbocycles. The second-order valence-corrected chi connectivity index (χ2v) is 14.2. The fraction of sp³-hybridized carbons (Fsp3) is 0.844. The monoisotopic (exact) mass is 706 g/mol. The molecular weight excluding hydrogens is 648 g/mol. The van der Waals surface area contributed by atoms with Gasteiger partial charge in [0, 0.05) is 70.3 Å². The smallest absolute Gasteiger partial charge is 0.305 e. The lowest BCUT2D eigenvalue weighted by atomic mass is 10.2. The van der Waals surface area contributed by atoms with Crippen molar-refractivity contribution in [1.29, 1.82) is 0 Å². The molecule has 1 heterocycles. The lowest BCUT2D eigenvalue weighted by Crippen LogP contribution is -2.36. The summed E-state index contributed by atoms with van der Waals surface area (Å²) < 4.78 is 26.6. The molecule has 0 aromatic heterocycles. The van der Waals surface area contributed by atoms with Gasteiger partial charge < -0.3 is 44.7 Å². The number of methoxy groups -OCH3 is 1. The van der Waals surface area contributed by atoms with Gasteiger partial charge in [0.2, 0.25) is 23.6 Å². The highest BCUT2D eigenvalue weighted by molar-refractivity contribution is 8.01. The molecule has 1 aliphatic rings. The first-order chi connectivity index (χ1) is 22.9. The molecule has 0 saturated carbocycles. The number of nitrogens with one attached hydrogen (secondary N) is 3. The van der Waals surface area contributed by atoms with Crippen molar-refractivity contribution < 1.29 is 52.8 Å². The summed E-state index contributed by atoms with van der Waals surface area (Å²) in [5, 5.41) is 17.6. The standard InChI is InChI=1S/C32H58N4O11S/c1-6-24(22-37)47-30(43-5)23-46-29(41)10-7-9-26(38)34-14-13-33-12-8-17-44-19-20-45-18-15-35-27(39)11-16-36-28(40)21-25(31(36)42)48-32(2,3)4/h24-25,30,33,37H,6-23H2,1-5H3,(H,34,38)(H,35,39). The predicted molar refractivity (Wildman–Crippen MR) is 180 cm³/mol. The highest BCUT2D eigenvalue weighted by Gasteiger charge is 2.40. The summed E-state index contributed by atoms with van der Waals surface area (Å²) in [5.41, 5.74) is 0. The first kappa shape index (κ1) is 43.7. The topological polar surface area (TPSA) is 191 Å². The first-order valence-corrected chi connectivity index (χ1v) is 17.6. The fourth-order valence-corrected chi connectivity index (χ4v) is 5.68. The van der Waals surface area contributed by atoms with E-state index < -0.39 is 12.3 Å². The number of aliphatic hydroxyl groups excluding tert-OH is 1. The number of hydrogen-bond acceptors (Lipinski definition) is 13. The van der Waals surface area contributed by atoms with Crippen LogP contribution in [0.5, 0.6) is 0 Å². The number of imide groups is 1. The number of rotatable bonds is 28. The summed E-state index contributed by atoms with van der Waals surface area (Å²) in [7, 11) is 1.43. The molecule has 1 rings (SSSR count). The number of carbonyl (C=O) groups is 5. The Morgan fingerprint density at radius 1 is 0.938 bits per heavy atom. The third kappa shape index (κ3) is 20.9. The highest BCUT2D eigenvalue weighted by Crippen LogP contribution is 2.34. The van der Waals surface area contributed by atoms with Crippen molar-refractivity contribution in [2.24, 2.45) is 0 Å². The normalized spacial score (nSPS) is 16.2. The molecular formula is C32H58N4O11S. The Hall–Kier alpha value is -2.34. The van der Waals surface area contributed by atoms with Gasteiger partial charge in [-0.2, -0.15) is 0 Å². The molecule has 15 nitrogen and oxygen atoms in total. The van der Waals surface area contributed by atoms with Crippen molar-refractivity contribution in [2.75, 3.05) is 79.5 Å². The Morgan fingerprint density at radius 2 is 1.62 bits per heavy atom. The van der Waals surface area contributed by atoms with Gasteiger partial charge >= 0.3 is 5.97 Å². The SMILES string of the molecule is CCC(CO)OC(COC(=O)CCCC(=O)NCCNCCCOCCOCCNC(=O)CCN1C(=O)CC(SC(C)(C)C)C1=O)OC. The number of thioether (sulfide) groups is 1. The summed E-state index contributed by atoms with van der Waals surface area (Å²) in [6.45, 7) is 11.6. The zero-order chi connectivity index (χ0) is 35.8. The van der Waals surface area contributed by atoms with E-state index in [2.05, 4.69) is 16.0 Å². The molecule has 0 aliphatic carbocycles. The number of esters is 1. The van der Waals surface area contributed by atoms with Gasteiger partial charge in [-0.25, -0.2) is 0 Å². The van der Waals surface area contributed by atoms with Crippen LogP contribution in [0.4, 0.5) is 0 Å². The van der Waals surface area contributed by atoms with Gasteiger partial charge in [0.05, 0.1) is 37.8 Å². The van der Waals surface area contributed by atoms with Gasteiger partial charge in [-0.1, -0.05) is 27.7 Å². The van der Waals surface area contributed by atoms with E-state index in [0.717, 1.165) is 13.0 Å². The molecule has 4 N–H and O–H groups in total. The van der Waals surface area contributed by atoms with Crippen molar-refractivity contribution in [2.45, 2.75) is 95.0 Å². The highest BCUT2D eigenvalue weighted by atomic mass is 32.2. The summed E-state index contributed by atoms with van der Waals surface area (Å²) in [6, 6.07) is 0. The van der Waals surface area contributed by atoms with E-state index >= 15 is 0 Å². The zero-order valence-corrected chi connectivity index (χ0v) is 30.2. The molecule has 0 spiro atoms. The largest absolute Gasteiger partial charge is 0.460 e. The molecule has 278 valence electrons. The third-order valence-electron chi connectivity index (χ3n) is 6.90. The first-order valence-electron chi connectivity index (χ1n) is 16.8. The van der Waals surface area contributed by atoms with Gasteiger partial charge in [0.1, 0.15) is 6.61 Å². The van der Waals surface area contributed by atoms with Crippen molar-refractivity contribution in [1.82, 2.24) is 20.9 Å². The Bertz CT molecular complexity index is 963. The van der Waals surface area contributed by atoms with Crippen LogP contribution < -0.4 is 16.0 Å². The molecule has 1 saturated heterocycles. The van der Waals surface area contributed by atoms with Gasteiger partial charge in [0.15, 0.2) is 6.29 Å². The number of carbonyl (C=O) groups excluding carboxylic acids is 5. The maximum absolute atomic E-state index is 12.5. The quantitative estimate of drug-likeness (QED) is 0.0386. The van der Waals surface area contributed by atoms with E-state index in [9.17, 15) is 29.1 Å². The molecule has 0 bridgehead atoms. The number of hydrogen-bond donors (Lipinski definition) is 4. The second kappa shape index (κ2) is 25.6. The fourth-order valence-electron chi connectivity index (χ4n) is 4.37. The van der Waals surface area contributed by atoms with Gasteiger partial charge in [0.25, 0.3) is 0 Å². The molecule has 3 unspecified atom stereocenters. The lowest BCUT2D eigenvalue weighted by Gasteiger charge is -2.21. The average Bonchev–Trinajstić information content (AvgIpc) is 3.29. The Balaban J connectivity index is 1.92. The lowest BCUT2D eigenvalue weighted by molar-refractivity contribution is -0.194. The summed E-state index contributed by atoms with van der Waals surface area (Å²) in [6.07, 6.45) is 1.17. The van der Waals surface area contributed by atoms with Crippen LogP contribution in [-0.2, 0) is 47.7 Å². The van der Waals surface area contributed by atoms with E-state index in [1.807, 2.05) is 27.7 Å². The van der Waals surface area contributed by atoms with E-state index in [1.54, 1.807) is 0 Å².